The summed E-state index contributed by atoms with van der Waals surface area (Å²) in [6.07, 6.45) is -5.09. The third-order valence-corrected chi connectivity index (χ3v) is 3.18. The fourth-order valence-corrected chi connectivity index (χ4v) is 2.14. The highest BCUT2D eigenvalue weighted by Crippen LogP contribution is 2.37. The predicted molar refractivity (Wildman–Crippen MR) is 74.0 cm³/mol. The molecule has 0 radical (unpaired) electrons. The Morgan fingerprint density at radius 2 is 1.52 bits per heavy atom. The third kappa shape index (κ3) is 3.62. The van der Waals surface area contributed by atoms with Crippen molar-refractivity contribution in [3.05, 3.63) is 79.4 Å². The molecule has 0 saturated carbocycles. The molecular weight excluding hydrogens is 317 g/mol. The smallest absolute Gasteiger partial charge is 0.258 e. The molecule has 0 unspecified atom stereocenters. The molecule has 2 rings (SSSR count). The van der Waals surface area contributed by atoms with E-state index in [9.17, 15) is 33.4 Å². The lowest BCUT2D eigenvalue weighted by atomic mass is 9.97. The monoisotopic (exact) mass is 326 g/mol. The van der Waals surface area contributed by atoms with Crippen molar-refractivity contribution in [3.63, 3.8) is 0 Å². The first-order valence-electron chi connectivity index (χ1n) is 6.27. The van der Waals surface area contributed by atoms with Crippen molar-refractivity contribution in [2.24, 2.45) is 0 Å². The normalized spacial score (nSPS) is 11.3. The summed E-state index contributed by atoms with van der Waals surface area (Å²) < 4.78 is 39.2. The number of halogens is 3. The van der Waals surface area contributed by atoms with Crippen molar-refractivity contribution in [2.75, 3.05) is 0 Å². The zero-order valence-corrected chi connectivity index (χ0v) is 11.4. The molecule has 0 saturated heterocycles. The van der Waals surface area contributed by atoms with Gasteiger partial charge in [0.1, 0.15) is 0 Å². The summed E-state index contributed by atoms with van der Waals surface area (Å²) in [5.41, 5.74) is -2.12. The van der Waals surface area contributed by atoms with E-state index < -0.39 is 32.8 Å². The molecule has 0 bridgehead atoms. The van der Waals surface area contributed by atoms with E-state index in [-0.39, 0.29) is 12.1 Å². The minimum absolute atomic E-state index is 0.215. The number of nitrogens with zero attached hydrogens (tertiary/aromatic N) is 2. The average Bonchev–Trinajstić information content (AvgIpc) is 2.46. The summed E-state index contributed by atoms with van der Waals surface area (Å²) in [4.78, 5) is 20.0. The van der Waals surface area contributed by atoms with Crippen LogP contribution in [0.15, 0.2) is 42.5 Å². The van der Waals surface area contributed by atoms with Crippen LogP contribution in [0.25, 0.3) is 0 Å². The molecule has 6 nitrogen and oxygen atoms in total. The third-order valence-electron chi connectivity index (χ3n) is 3.18. The van der Waals surface area contributed by atoms with Crippen molar-refractivity contribution in [2.45, 2.75) is 12.6 Å². The standard InChI is InChI=1S/C14H9F3N2O4/c15-14(16,17)12-2-1-3-13(19(22)23)11(12)8-9-4-6-10(7-5-9)18(20)21/h1-7H,8H2. The Morgan fingerprint density at radius 3 is 2.00 bits per heavy atom. The molecule has 0 aliphatic heterocycles. The number of hydrogen-bond donors (Lipinski definition) is 0. The minimum atomic E-state index is -4.73. The Hall–Kier alpha value is -2.97. The molecule has 120 valence electrons. The van der Waals surface area contributed by atoms with Gasteiger partial charge in [0.2, 0.25) is 0 Å². The fraction of sp³-hybridized carbons (Fsp3) is 0.143. The van der Waals surface area contributed by atoms with E-state index in [1.54, 1.807) is 0 Å². The first-order chi connectivity index (χ1) is 10.7. The summed E-state index contributed by atoms with van der Waals surface area (Å²) in [6, 6.07) is 7.56. The summed E-state index contributed by atoms with van der Waals surface area (Å²) in [6.45, 7) is 0. The van der Waals surface area contributed by atoms with Gasteiger partial charge in [-0.3, -0.25) is 20.2 Å². The predicted octanol–water partition coefficient (Wildman–Crippen LogP) is 4.11. The summed E-state index contributed by atoms with van der Waals surface area (Å²) in [5.74, 6) is 0. The minimum Gasteiger partial charge on any atom is -0.258 e. The quantitative estimate of drug-likeness (QED) is 0.625. The van der Waals surface area contributed by atoms with E-state index in [1.165, 1.54) is 12.1 Å². The van der Waals surface area contributed by atoms with Gasteiger partial charge < -0.3 is 0 Å². The van der Waals surface area contributed by atoms with E-state index in [1.807, 2.05) is 0 Å². The highest BCUT2D eigenvalue weighted by Gasteiger charge is 2.36. The van der Waals surface area contributed by atoms with E-state index in [4.69, 9.17) is 0 Å². The molecule has 0 fully saturated rings. The maximum atomic E-state index is 13.1. The van der Waals surface area contributed by atoms with Crippen LogP contribution >= 0.6 is 0 Å². The second-order valence-electron chi connectivity index (χ2n) is 4.66. The van der Waals surface area contributed by atoms with Crippen LogP contribution < -0.4 is 0 Å². The van der Waals surface area contributed by atoms with Gasteiger partial charge in [-0.25, -0.2) is 0 Å². The van der Waals surface area contributed by atoms with E-state index in [0.717, 1.165) is 30.3 Å². The van der Waals surface area contributed by atoms with Gasteiger partial charge >= 0.3 is 6.18 Å². The zero-order valence-electron chi connectivity index (χ0n) is 11.4. The molecule has 0 heterocycles. The Balaban J connectivity index is 2.49. The molecule has 0 amide bonds. The SMILES string of the molecule is O=[N+]([O-])c1ccc(Cc2c([N+](=O)[O-])cccc2C(F)(F)F)cc1. The topological polar surface area (TPSA) is 86.3 Å². The van der Waals surface area contributed by atoms with Gasteiger partial charge in [0.25, 0.3) is 11.4 Å². The Morgan fingerprint density at radius 1 is 0.913 bits per heavy atom. The number of nitro groups is 2. The van der Waals surface area contributed by atoms with Gasteiger partial charge in [0.15, 0.2) is 0 Å². The van der Waals surface area contributed by atoms with Crippen LogP contribution in [0.3, 0.4) is 0 Å². The van der Waals surface area contributed by atoms with Crippen molar-refractivity contribution in [1.82, 2.24) is 0 Å². The molecule has 0 aliphatic rings. The first-order valence-corrected chi connectivity index (χ1v) is 6.27. The van der Waals surface area contributed by atoms with E-state index >= 15 is 0 Å². The zero-order chi connectivity index (χ0) is 17.2. The number of non-ortho nitro benzene ring substituents is 1. The Kier molecular flexibility index (Phi) is 4.30. The second kappa shape index (κ2) is 6.03. The van der Waals surface area contributed by atoms with Gasteiger partial charge in [-0.1, -0.05) is 18.2 Å². The Bertz CT molecular complexity index is 758. The van der Waals surface area contributed by atoms with Gasteiger partial charge in [0.05, 0.1) is 15.4 Å². The van der Waals surface area contributed by atoms with Crippen LogP contribution in [0.2, 0.25) is 0 Å². The summed E-state index contributed by atoms with van der Waals surface area (Å²) >= 11 is 0. The highest BCUT2D eigenvalue weighted by molar-refractivity contribution is 5.49. The number of alkyl halides is 3. The highest BCUT2D eigenvalue weighted by atomic mass is 19.4. The summed E-state index contributed by atoms with van der Waals surface area (Å²) in [5, 5.41) is 21.6. The van der Waals surface area contributed by atoms with Gasteiger partial charge in [-0.15, -0.1) is 0 Å². The maximum absolute atomic E-state index is 13.1. The van der Waals surface area contributed by atoms with Crippen LogP contribution in [0.4, 0.5) is 24.5 Å². The lowest BCUT2D eigenvalue weighted by molar-refractivity contribution is -0.385. The van der Waals surface area contributed by atoms with Crippen LogP contribution in [0, 0.1) is 20.2 Å². The van der Waals surface area contributed by atoms with Crippen LogP contribution in [0.5, 0.6) is 0 Å². The first kappa shape index (κ1) is 16.4. The molecule has 0 atom stereocenters. The van der Waals surface area contributed by atoms with Crippen LogP contribution in [0.1, 0.15) is 16.7 Å². The van der Waals surface area contributed by atoms with Crippen molar-refractivity contribution >= 4 is 11.4 Å². The molecule has 0 N–H and O–H groups in total. The van der Waals surface area contributed by atoms with Gasteiger partial charge in [-0.05, 0) is 11.6 Å². The molecule has 23 heavy (non-hydrogen) atoms. The second-order valence-corrected chi connectivity index (χ2v) is 4.66. The van der Waals surface area contributed by atoms with Crippen LogP contribution in [-0.2, 0) is 12.6 Å². The largest absolute Gasteiger partial charge is 0.416 e. The molecule has 0 spiro atoms. The van der Waals surface area contributed by atoms with E-state index in [2.05, 4.69) is 0 Å². The lowest BCUT2D eigenvalue weighted by Crippen LogP contribution is -2.11. The van der Waals surface area contributed by atoms with Crippen molar-refractivity contribution < 1.29 is 23.0 Å². The molecule has 0 aromatic heterocycles. The van der Waals surface area contributed by atoms with Gasteiger partial charge in [-0.2, -0.15) is 13.2 Å². The number of benzene rings is 2. The van der Waals surface area contributed by atoms with Gasteiger partial charge in [0, 0.05) is 30.2 Å². The maximum Gasteiger partial charge on any atom is 0.416 e. The molecule has 0 aliphatic carbocycles. The van der Waals surface area contributed by atoms with Crippen molar-refractivity contribution in [3.8, 4) is 0 Å². The molecule has 9 heteroatoms. The molecule has 2 aromatic rings. The lowest BCUT2D eigenvalue weighted by Gasteiger charge is -2.13. The average molecular weight is 326 g/mol. The summed E-state index contributed by atoms with van der Waals surface area (Å²) in [7, 11) is 0. The van der Waals surface area contributed by atoms with Crippen LogP contribution in [-0.4, -0.2) is 9.85 Å². The number of rotatable bonds is 4. The van der Waals surface area contributed by atoms with Crippen molar-refractivity contribution in [1.29, 1.82) is 0 Å². The molecular formula is C14H9F3N2O4. The number of hydrogen-bond acceptors (Lipinski definition) is 4. The number of nitro benzene ring substituents is 2. The Labute approximate surface area is 127 Å². The molecule has 2 aromatic carbocycles. The fourth-order valence-electron chi connectivity index (χ4n) is 2.14. The van der Waals surface area contributed by atoms with E-state index in [0.29, 0.717) is 5.56 Å².